The summed E-state index contributed by atoms with van der Waals surface area (Å²) in [6.45, 7) is 3.44. The average molecular weight is 430 g/mol. The third-order valence-electron chi connectivity index (χ3n) is 5.19. The Bertz CT molecular complexity index is 668. The quantitative estimate of drug-likeness (QED) is 0.458. The molecule has 2 atom stereocenters. The van der Waals surface area contributed by atoms with Crippen LogP contribution >= 0.6 is 43.4 Å². The predicted molar refractivity (Wildman–Crippen MR) is 105 cm³/mol. The molecule has 0 N–H and O–H groups in total. The van der Waals surface area contributed by atoms with Gasteiger partial charge in [0, 0.05) is 52.4 Å². The van der Waals surface area contributed by atoms with Crippen molar-refractivity contribution >= 4 is 43.4 Å². The molecule has 4 fully saturated rings. The molecular weight excluding hydrogens is 406 g/mol. The first-order valence-electron chi connectivity index (χ1n) is 8.87. The zero-order valence-corrected chi connectivity index (χ0v) is 17.9. The molecule has 0 saturated carbocycles. The third-order valence-corrected chi connectivity index (χ3v) is 19.0. The van der Waals surface area contributed by atoms with Crippen LogP contribution in [0.5, 0.6) is 0 Å². The van der Waals surface area contributed by atoms with Crippen LogP contribution in [0.1, 0.15) is 25.7 Å². The van der Waals surface area contributed by atoms with Gasteiger partial charge in [-0.1, -0.05) is 0 Å². The van der Waals surface area contributed by atoms with Crippen LogP contribution in [-0.2, 0) is 0 Å². The van der Waals surface area contributed by atoms with Crippen LogP contribution in [0.2, 0.25) is 0 Å². The molecule has 0 amide bonds. The van der Waals surface area contributed by atoms with Gasteiger partial charge in [-0.25, -0.2) is 18.7 Å². The Labute approximate surface area is 153 Å². The second-order valence-electron chi connectivity index (χ2n) is 7.02. The molecule has 0 aliphatic carbocycles. The van der Waals surface area contributed by atoms with Gasteiger partial charge in [-0.15, -0.1) is 0 Å². The predicted octanol–water partition coefficient (Wildman–Crippen LogP) is 5.14. The van der Waals surface area contributed by atoms with Crippen molar-refractivity contribution in [3.8, 4) is 0 Å². The molecule has 0 spiro atoms. The summed E-state index contributed by atoms with van der Waals surface area (Å²) < 4.78 is 25.1. The van der Waals surface area contributed by atoms with Gasteiger partial charge in [0.25, 0.3) is 0 Å². The van der Waals surface area contributed by atoms with Crippen molar-refractivity contribution in [2.45, 2.75) is 25.7 Å². The molecule has 0 bridgehead atoms. The molecule has 5 heterocycles. The lowest BCUT2D eigenvalue weighted by Gasteiger charge is -2.38. The maximum Gasteiger partial charge on any atom is 0.239 e. The SMILES string of the molecule is Cl[P@]1(N2CCCC2)=NP(N2CC2)(N2CC2)=N[P@](Cl)(N2CCCC2)=N1. The van der Waals surface area contributed by atoms with Crippen molar-refractivity contribution in [2.24, 2.45) is 13.5 Å². The van der Waals surface area contributed by atoms with Crippen molar-refractivity contribution in [2.75, 3.05) is 52.4 Å². The maximum atomic E-state index is 7.21. The Kier molecular flexibility index (Phi) is 4.35. The molecule has 136 valence electrons. The molecule has 24 heavy (non-hydrogen) atoms. The van der Waals surface area contributed by atoms with Crippen molar-refractivity contribution in [1.29, 1.82) is 0 Å². The van der Waals surface area contributed by atoms with E-state index in [9.17, 15) is 0 Å². The van der Waals surface area contributed by atoms with Crippen molar-refractivity contribution in [3.63, 3.8) is 0 Å². The second kappa shape index (κ2) is 6.06. The van der Waals surface area contributed by atoms with E-state index >= 15 is 0 Å². The zero-order valence-electron chi connectivity index (χ0n) is 13.7. The number of hydrogen-bond acceptors (Lipinski definition) is 7. The van der Waals surface area contributed by atoms with Crippen molar-refractivity contribution < 1.29 is 0 Å². The van der Waals surface area contributed by atoms with Crippen LogP contribution in [-0.4, -0.2) is 71.0 Å². The normalized spacial score (nSPS) is 43.2. The third kappa shape index (κ3) is 2.84. The lowest BCUT2D eigenvalue weighted by molar-refractivity contribution is 0.558. The second-order valence-corrected chi connectivity index (χ2v) is 17.2. The van der Waals surface area contributed by atoms with Gasteiger partial charge in [-0.2, -0.15) is 13.5 Å². The Morgan fingerprint density at radius 3 is 1.33 bits per heavy atom. The first-order chi connectivity index (χ1) is 11.5. The molecule has 5 aliphatic rings. The fourth-order valence-corrected chi connectivity index (χ4v) is 20.0. The van der Waals surface area contributed by atoms with Crippen LogP contribution in [0, 0.1) is 0 Å². The van der Waals surface area contributed by atoms with Crippen molar-refractivity contribution in [1.82, 2.24) is 18.7 Å². The first kappa shape index (κ1) is 17.2. The molecule has 7 nitrogen and oxygen atoms in total. The van der Waals surface area contributed by atoms with Gasteiger partial charge >= 0.3 is 0 Å². The summed E-state index contributed by atoms with van der Waals surface area (Å²) in [6.07, 6.45) is 4.75. The summed E-state index contributed by atoms with van der Waals surface area (Å²) in [4.78, 5) is 0. The van der Waals surface area contributed by atoms with Gasteiger partial charge in [0.2, 0.25) is 20.9 Å². The lowest BCUT2D eigenvalue weighted by Crippen LogP contribution is -2.18. The monoisotopic (exact) mass is 429 g/mol. The van der Waals surface area contributed by atoms with Crippen LogP contribution in [0.3, 0.4) is 0 Å². The molecule has 0 aromatic rings. The van der Waals surface area contributed by atoms with E-state index in [-0.39, 0.29) is 0 Å². The standard InChI is InChI=1S/C12H24Cl2N7P3/c13-22(18-5-1-2-6-18)15-23(14,19-7-3-4-8-19)17-24(16-22,20-9-10-20)21-11-12-21/h1-12H2/t22-,23-/m1/s1. The summed E-state index contributed by atoms with van der Waals surface area (Å²) >= 11 is 14.4. The molecular formula is C12H24Cl2N7P3. The molecule has 12 heteroatoms. The first-order valence-corrected chi connectivity index (χ1v) is 15.6. The Morgan fingerprint density at radius 2 is 0.917 bits per heavy atom. The molecule has 5 aliphatic heterocycles. The Balaban J connectivity index is 1.70. The highest BCUT2D eigenvalue weighted by molar-refractivity contribution is 8.02. The van der Waals surface area contributed by atoms with Gasteiger partial charge in [0.05, 0.1) is 0 Å². The van der Waals surface area contributed by atoms with Gasteiger partial charge in [0.1, 0.15) is 0 Å². The fourth-order valence-electron chi connectivity index (χ4n) is 3.67. The number of halogens is 2. The molecule has 0 unspecified atom stereocenters. The molecule has 0 radical (unpaired) electrons. The minimum absolute atomic E-state index is 1.00. The largest absolute Gasteiger partial charge is 0.240 e. The fraction of sp³-hybridized carbons (Fsp3) is 1.00. The van der Waals surface area contributed by atoms with Gasteiger partial charge in [-0.05, 0) is 48.2 Å². The van der Waals surface area contributed by atoms with Crippen LogP contribution in [0.4, 0.5) is 0 Å². The lowest BCUT2D eigenvalue weighted by atomic mass is 10.4. The molecule has 4 saturated heterocycles. The number of rotatable bonds is 4. The highest BCUT2D eigenvalue weighted by Crippen LogP contribution is 2.86. The summed E-state index contributed by atoms with van der Waals surface area (Å²) in [6, 6.07) is 0. The van der Waals surface area contributed by atoms with Gasteiger partial charge < -0.3 is 0 Å². The van der Waals surface area contributed by atoms with Gasteiger partial charge in [-0.3, -0.25) is 0 Å². The van der Waals surface area contributed by atoms with Crippen molar-refractivity contribution in [3.05, 3.63) is 0 Å². The Hall–Kier alpha value is 1.11. The minimum atomic E-state index is -2.43. The van der Waals surface area contributed by atoms with E-state index in [1.54, 1.807) is 0 Å². The topological polar surface area (TPSA) is 49.6 Å². The summed E-state index contributed by atoms with van der Waals surface area (Å²) in [5.74, 6) is 0. The zero-order chi connectivity index (χ0) is 16.4. The number of hydrogen-bond donors (Lipinski definition) is 0. The summed E-state index contributed by atoms with van der Waals surface area (Å²) in [5.41, 5.74) is 0. The summed E-state index contributed by atoms with van der Waals surface area (Å²) in [5, 5.41) is 0. The van der Waals surface area contributed by atoms with E-state index in [1.807, 2.05) is 0 Å². The van der Waals surface area contributed by atoms with Crippen LogP contribution < -0.4 is 0 Å². The van der Waals surface area contributed by atoms with E-state index in [4.69, 9.17) is 36.0 Å². The van der Waals surface area contributed by atoms with E-state index < -0.39 is 20.9 Å². The highest BCUT2D eigenvalue weighted by Gasteiger charge is 2.52. The van der Waals surface area contributed by atoms with E-state index in [2.05, 4.69) is 18.7 Å². The van der Waals surface area contributed by atoms with Crippen LogP contribution in [0.15, 0.2) is 13.5 Å². The summed E-state index contributed by atoms with van der Waals surface area (Å²) in [7, 11) is -2.09. The smallest absolute Gasteiger partial charge is 0.239 e. The van der Waals surface area contributed by atoms with Gasteiger partial charge in [0.15, 0.2) is 0 Å². The molecule has 0 aromatic carbocycles. The number of nitrogens with zero attached hydrogens (tertiary/aromatic N) is 7. The molecule has 5 rings (SSSR count). The van der Waals surface area contributed by atoms with Crippen LogP contribution in [0.25, 0.3) is 0 Å². The highest BCUT2D eigenvalue weighted by atomic mass is 35.7. The van der Waals surface area contributed by atoms with E-state index in [0.29, 0.717) is 0 Å². The average Bonchev–Trinajstić information content (AvgIpc) is 3.46. The maximum absolute atomic E-state index is 7.21. The van der Waals surface area contributed by atoms with E-state index in [0.717, 1.165) is 52.4 Å². The Morgan fingerprint density at radius 1 is 0.500 bits per heavy atom. The minimum Gasteiger partial charge on any atom is -0.240 e. The molecule has 0 aromatic heterocycles. The van der Waals surface area contributed by atoms with E-state index in [1.165, 1.54) is 25.7 Å².